The van der Waals surface area contributed by atoms with Crippen molar-refractivity contribution in [2.45, 2.75) is 40.2 Å². The van der Waals surface area contributed by atoms with Crippen LogP contribution in [-0.4, -0.2) is 33.3 Å². The van der Waals surface area contributed by atoms with Crippen LogP contribution in [-0.2, 0) is 10.0 Å². The third-order valence-corrected chi connectivity index (χ3v) is 3.53. The smallest absolute Gasteiger partial charge is 0.211 e. The van der Waals surface area contributed by atoms with Gasteiger partial charge in [0, 0.05) is 12.6 Å². The van der Waals surface area contributed by atoms with Gasteiger partial charge < -0.3 is 5.32 Å². The lowest BCUT2D eigenvalue weighted by Crippen LogP contribution is -2.32. The molecule has 5 heteroatoms. The summed E-state index contributed by atoms with van der Waals surface area (Å²) in [5.74, 6) is 0.390. The Bertz CT molecular complexity index is 248. The fourth-order valence-electron chi connectivity index (χ4n) is 1.20. The Morgan fingerprint density at radius 3 is 2.13 bits per heavy atom. The van der Waals surface area contributed by atoms with E-state index in [4.69, 9.17) is 0 Å². The van der Waals surface area contributed by atoms with Crippen LogP contribution in [0.15, 0.2) is 0 Å². The van der Waals surface area contributed by atoms with Gasteiger partial charge in [-0.3, -0.25) is 0 Å². The zero-order valence-corrected chi connectivity index (χ0v) is 11.0. The van der Waals surface area contributed by atoms with Crippen molar-refractivity contribution in [2.24, 2.45) is 5.92 Å². The Hall–Kier alpha value is -0.130. The maximum Gasteiger partial charge on any atom is 0.211 e. The lowest BCUT2D eigenvalue weighted by molar-refractivity contribution is 0.548. The minimum atomic E-state index is -3.06. The highest BCUT2D eigenvalue weighted by Crippen LogP contribution is 1.97. The molecule has 0 aliphatic rings. The van der Waals surface area contributed by atoms with Gasteiger partial charge in [-0.1, -0.05) is 27.7 Å². The average Bonchev–Trinajstić information content (AvgIpc) is 1.99. The van der Waals surface area contributed by atoms with E-state index < -0.39 is 10.0 Å². The fraction of sp³-hybridized carbons (Fsp3) is 1.00. The number of nitrogens with one attached hydrogen (secondary N) is 2. The Balaban J connectivity index is 3.58. The molecule has 0 rings (SSSR count). The van der Waals surface area contributed by atoms with Gasteiger partial charge in [-0.2, -0.15) is 0 Å². The zero-order valence-electron chi connectivity index (χ0n) is 10.2. The lowest BCUT2D eigenvalue weighted by atomic mass is 10.3. The Morgan fingerprint density at radius 1 is 1.07 bits per heavy atom. The normalized spacial score (nSPS) is 12.7. The number of hydrogen-bond donors (Lipinski definition) is 2. The van der Waals surface area contributed by atoms with Gasteiger partial charge in [0.1, 0.15) is 0 Å². The van der Waals surface area contributed by atoms with Crippen molar-refractivity contribution in [1.82, 2.24) is 10.0 Å². The Labute approximate surface area is 93.9 Å². The number of sulfonamides is 1. The van der Waals surface area contributed by atoms with Crippen molar-refractivity contribution >= 4 is 10.0 Å². The average molecular weight is 236 g/mol. The van der Waals surface area contributed by atoms with Crippen molar-refractivity contribution in [3.8, 4) is 0 Å². The van der Waals surface area contributed by atoms with Crippen molar-refractivity contribution in [2.75, 3.05) is 18.8 Å². The van der Waals surface area contributed by atoms with E-state index in [0.29, 0.717) is 12.6 Å². The van der Waals surface area contributed by atoms with Crippen molar-refractivity contribution in [1.29, 1.82) is 0 Å². The molecule has 0 aromatic heterocycles. The number of hydrogen-bond acceptors (Lipinski definition) is 3. The summed E-state index contributed by atoms with van der Waals surface area (Å²) in [7, 11) is -3.06. The van der Waals surface area contributed by atoms with E-state index >= 15 is 0 Å². The van der Waals surface area contributed by atoms with E-state index in [-0.39, 0.29) is 11.7 Å². The van der Waals surface area contributed by atoms with Gasteiger partial charge in [-0.15, -0.1) is 0 Å². The summed E-state index contributed by atoms with van der Waals surface area (Å²) in [5.41, 5.74) is 0. The molecule has 2 N–H and O–H groups in total. The fourth-order valence-corrected chi connectivity index (χ4v) is 2.66. The molecule has 0 bridgehead atoms. The van der Waals surface area contributed by atoms with Crippen molar-refractivity contribution in [3.05, 3.63) is 0 Å². The molecule has 0 unspecified atom stereocenters. The molecule has 15 heavy (non-hydrogen) atoms. The van der Waals surface area contributed by atoms with Gasteiger partial charge in [0.05, 0.1) is 5.75 Å². The van der Waals surface area contributed by atoms with Crippen molar-refractivity contribution < 1.29 is 8.42 Å². The van der Waals surface area contributed by atoms with E-state index in [1.807, 2.05) is 13.8 Å². The maximum absolute atomic E-state index is 11.4. The molecular formula is C10H24N2O2S. The van der Waals surface area contributed by atoms with Gasteiger partial charge in [0.25, 0.3) is 0 Å². The maximum atomic E-state index is 11.4. The molecule has 0 aromatic rings. The second-order valence-electron chi connectivity index (χ2n) is 4.53. The summed E-state index contributed by atoms with van der Waals surface area (Å²) >= 11 is 0. The summed E-state index contributed by atoms with van der Waals surface area (Å²) in [4.78, 5) is 0. The molecule has 0 aliphatic carbocycles. The molecule has 4 nitrogen and oxygen atoms in total. The second kappa shape index (κ2) is 7.19. The molecular weight excluding hydrogens is 212 g/mol. The van der Waals surface area contributed by atoms with Crippen LogP contribution in [0, 0.1) is 5.92 Å². The first kappa shape index (κ1) is 14.9. The molecule has 0 radical (unpaired) electrons. The molecule has 0 atom stereocenters. The quantitative estimate of drug-likeness (QED) is 0.617. The summed E-state index contributed by atoms with van der Waals surface area (Å²) in [6, 6.07) is 0.456. The molecule has 0 saturated heterocycles. The lowest BCUT2D eigenvalue weighted by Gasteiger charge is -2.10. The summed E-state index contributed by atoms with van der Waals surface area (Å²) in [6.07, 6.45) is 0.829. The third-order valence-electron chi connectivity index (χ3n) is 1.78. The SMILES string of the molecule is CC(C)CS(=O)(=O)NCCCNC(C)C. The van der Waals surface area contributed by atoms with Gasteiger partial charge in [0.2, 0.25) is 10.0 Å². The Kier molecular flexibility index (Phi) is 7.13. The highest BCUT2D eigenvalue weighted by molar-refractivity contribution is 7.89. The first-order chi connectivity index (χ1) is 6.83. The molecule has 92 valence electrons. The van der Waals surface area contributed by atoms with Crippen LogP contribution < -0.4 is 10.0 Å². The highest BCUT2D eigenvalue weighted by Gasteiger charge is 2.11. The molecule has 0 heterocycles. The predicted octanol–water partition coefficient (Wildman–Crippen LogP) is 0.950. The highest BCUT2D eigenvalue weighted by atomic mass is 32.2. The van der Waals surface area contributed by atoms with Gasteiger partial charge in [-0.25, -0.2) is 13.1 Å². The minimum absolute atomic E-state index is 0.177. The van der Waals surface area contributed by atoms with Crippen LogP contribution in [0.2, 0.25) is 0 Å². The predicted molar refractivity (Wildman–Crippen MR) is 64.4 cm³/mol. The molecule has 0 fully saturated rings. The first-order valence-corrected chi connectivity index (χ1v) is 7.19. The van der Waals surface area contributed by atoms with Crippen LogP contribution in [0.1, 0.15) is 34.1 Å². The van der Waals surface area contributed by atoms with E-state index in [0.717, 1.165) is 13.0 Å². The third kappa shape index (κ3) is 10.2. The molecule has 0 spiro atoms. The molecule has 0 saturated carbocycles. The van der Waals surface area contributed by atoms with Gasteiger partial charge in [-0.05, 0) is 18.9 Å². The van der Waals surface area contributed by atoms with Gasteiger partial charge >= 0.3 is 0 Å². The van der Waals surface area contributed by atoms with Crippen LogP contribution >= 0.6 is 0 Å². The van der Waals surface area contributed by atoms with Crippen LogP contribution in [0.4, 0.5) is 0 Å². The van der Waals surface area contributed by atoms with Gasteiger partial charge in [0.15, 0.2) is 0 Å². The number of rotatable bonds is 8. The van der Waals surface area contributed by atoms with E-state index in [9.17, 15) is 8.42 Å². The molecule has 0 aromatic carbocycles. The van der Waals surface area contributed by atoms with Crippen molar-refractivity contribution in [3.63, 3.8) is 0 Å². The largest absolute Gasteiger partial charge is 0.314 e. The standard InChI is InChI=1S/C10H24N2O2S/c1-9(2)8-15(13,14)12-7-5-6-11-10(3)4/h9-12H,5-8H2,1-4H3. The summed E-state index contributed by atoms with van der Waals surface area (Å²) in [5, 5.41) is 3.24. The van der Waals surface area contributed by atoms with Crippen LogP contribution in [0.3, 0.4) is 0 Å². The molecule has 0 amide bonds. The second-order valence-corrected chi connectivity index (χ2v) is 6.38. The van der Waals surface area contributed by atoms with E-state index in [1.165, 1.54) is 0 Å². The summed E-state index contributed by atoms with van der Waals surface area (Å²) < 4.78 is 25.4. The first-order valence-electron chi connectivity index (χ1n) is 5.54. The van der Waals surface area contributed by atoms with E-state index in [2.05, 4.69) is 23.9 Å². The van der Waals surface area contributed by atoms with Crippen LogP contribution in [0.5, 0.6) is 0 Å². The van der Waals surface area contributed by atoms with Crippen LogP contribution in [0.25, 0.3) is 0 Å². The molecule has 0 aliphatic heterocycles. The minimum Gasteiger partial charge on any atom is -0.314 e. The van der Waals surface area contributed by atoms with E-state index in [1.54, 1.807) is 0 Å². The summed E-state index contributed by atoms with van der Waals surface area (Å²) in [6.45, 7) is 9.32. The Morgan fingerprint density at radius 2 is 1.67 bits per heavy atom. The topological polar surface area (TPSA) is 58.2 Å². The monoisotopic (exact) mass is 236 g/mol. The zero-order chi connectivity index (χ0) is 11.9.